The summed E-state index contributed by atoms with van der Waals surface area (Å²) in [6.45, 7) is 6.76. The van der Waals surface area contributed by atoms with E-state index in [1.165, 1.54) is 12.8 Å². The molecule has 4 nitrogen and oxygen atoms in total. The number of carbonyl (C=O) groups excluding carboxylic acids is 1. The van der Waals surface area contributed by atoms with E-state index in [1.54, 1.807) is 0 Å². The molecular formula is C13H24N2O2. The van der Waals surface area contributed by atoms with Gasteiger partial charge in [0.15, 0.2) is 0 Å². The second kappa shape index (κ2) is 4.94. The van der Waals surface area contributed by atoms with Crippen LogP contribution in [-0.2, 0) is 9.53 Å². The molecule has 1 unspecified atom stereocenters. The van der Waals surface area contributed by atoms with Gasteiger partial charge in [0.05, 0.1) is 0 Å². The SMILES string of the molecule is CC(C)(C)OC(=O)[C@@H](NC1CC1)C1CCCN1. The fourth-order valence-electron chi connectivity index (χ4n) is 2.21. The molecule has 0 aromatic carbocycles. The van der Waals surface area contributed by atoms with Gasteiger partial charge in [0.25, 0.3) is 0 Å². The lowest BCUT2D eigenvalue weighted by Gasteiger charge is -2.28. The molecule has 2 atom stereocenters. The van der Waals surface area contributed by atoms with Gasteiger partial charge in [0.2, 0.25) is 0 Å². The predicted octanol–water partition coefficient (Wildman–Crippen LogP) is 1.20. The van der Waals surface area contributed by atoms with Gasteiger partial charge >= 0.3 is 5.97 Å². The maximum Gasteiger partial charge on any atom is 0.325 e. The Labute approximate surface area is 103 Å². The number of ether oxygens (including phenoxy) is 1. The molecule has 1 aliphatic carbocycles. The lowest BCUT2D eigenvalue weighted by molar-refractivity contribution is -0.158. The van der Waals surface area contributed by atoms with Crippen molar-refractivity contribution in [3.8, 4) is 0 Å². The average molecular weight is 240 g/mol. The summed E-state index contributed by atoms with van der Waals surface area (Å²) in [6.07, 6.45) is 4.58. The normalized spacial score (nSPS) is 26.9. The molecule has 1 aliphatic heterocycles. The van der Waals surface area contributed by atoms with Gasteiger partial charge in [-0.25, -0.2) is 0 Å². The molecule has 17 heavy (non-hydrogen) atoms. The van der Waals surface area contributed by atoms with Crippen molar-refractivity contribution in [2.45, 2.75) is 70.2 Å². The van der Waals surface area contributed by atoms with E-state index in [9.17, 15) is 4.79 Å². The highest BCUT2D eigenvalue weighted by atomic mass is 16.6. The second-order valence-corrected chi connectivity index (χ2v) is 6.15. The van der Waals surface area contributed by atoms with Crippen LogP contribution in [0.2, 0.25) is 0 Å². The van der Waals surface area contributed by atoms with E-state index in [1.807, 2.05) is 20.8 Å². The zero-order valence-corrected chi connectivity index (χ0v) is 11.1. The molecule has 1 saturated heterocycles. The zero-order chi connectivity index (χ0) is 12.5. The molecule has 2 N–H and O–H groups in total. The summed E-state index contributed by atoms with van der Waals surface area (Å²) >= 11 is 0. The first kappa shape index (κ1) is 12.8. The smallest absolute Gasteiger partial charge is 0.325 e. The minimum absolute atomic E-state index is 0.108. The van der Waals surface area contributed by atoms with Crippen molar-refractivity contribution in [3.05, 3.63) is 0 Å². The number of esters is 1. The quantitative estimate of drug-likeness (QED) is 0.725. The van der Waals surface area contributed by atoms with Crippen molar-refractivity contribution >= 4 is 5.97 Å². The van der Waals surface area contributed by atoms with Crippen molar-refractivity contribution in [1.82, 2.24) is 10.6 Å². The van der Waals surface area contributed by atoms with Gasteiger partial charge < -0.3 is 15.4 Å². The average Bonchev–Trinajstić information content (AvgIpc) is 2.85. The third-order valence-electron chi connectivity index (χ3n) is 3.15. The highest BCUT2D eigenvalue weighted by Gasteiger charge is 2.37. The Bertz CT molecular complexity index is 276. The molecule has 2 aliphatic rings. The van der Waals surface area contributed by atoms with Crippen LogP contribution in [0.1, 0.15) is 46.5 Å². The van der Waals surface area contributed by atoms with Gasteiger partial charge in [-0.15, -0.1) is 0 Å². The van der Waals surface area contributed by atoms with Crippen molar-refractivity contribution in [2.75, 3.05) is 6.54 Å². The zero-order valence-electron chi connectivity index (χ0n) is 11.1. The highest BCUT2D eigenvalue weighted by molar-refractivity contribution is 5.77. The van der Waals surface area contributed by atoms with E-state index in [0.29, 0.717) is 6.04 Å². The maximum atomic E-state index is 12.2. The molecule has 2 fully saturated rings. The highest BCUT2D eigenvalue weighted by Crippen LogP contribution is 2.23. The van der Waals surface area contributed by atoms with E-state index >= 15 is 0 Å². The summed E-state index contributed by atoms with van der Waals surface area (Å²) in [4.78, 5) is 12.2. The Hall–Kier alpha value is -0.610. The standard InChI is InChI=1S/C13H24N2O2/c1-13(2,3)17-12(16)11(15-9-6-7-9)10-5-4-8-14-10/h9-11,14-15H,4-8H2,1-3H3/t10?,11-/m0/s1. The number of carbonyl (C=O) groups is 1. The fourth-order valence-corrected chi connectivity index (χ4v) is 2.21. The minimum atomic E-state index is -0.404. The van der Waals surface area contributed by atoms with E-state index in [-0.39, 0.29) is 18.1 Å². The van der Waals surface area contributed by atoms with Crippen LogP contribution in [0.25, 0.3) is 0 Å². The molecule has 2 rings (SSSR count). The molecule has 0 aromatic heterocycles. The summed E-state index contributed by atoms with van der Waals surface area (Å²) in [7, 11) is 0. The fraction of sp³-hybridized carbons (Fsp3) is 0.923. The molecule has 0 radical (unpaired) electrons. The van der Waals surface area contributed by atoms with Crippen molar-refractivity contribution < 1.29 is 9.53 Å². The number of hydrogen-bond acceptors (Lipinski definition) is 4. The second-order valence-electron chi connectivity index (χ2n) is 6.15. The lowest BCUT2D eigenvalue weighted by atomic mass is 10.1. The first-order valence-electron chi connectivity index (χ1n) is 6.68. The summed E-state index contributed by atoms with van der Waals surface area (Å²) in [6, 6.07) is 0.588. The Morgan fingerprint density at radius 1 is 1.35 bits per heavy atom. The first-order valence-corrected chi connectivity index (χ1v) is 6.68. The van der Waals surface area contributed by atoms with Crippen molar-refractivity contribution in [1.29, 1.82) is 0 Å². The predicted molar refractivity (Wildman–Crippen MR) is 66.8 cm³/mol. The van der Waals surface area contributed by atoms with Crippen LogP contribution in [0.3, 0.4) is 0 Å². The summed E-state index contributed by atoms with van der Waals surface area (Å²) < 4.78 is 5.50. The monoisotopic (exact) mass is 240 g/mol. The molecule has 0 amide bonds. The molecule has 4 heteroatoms. The van der Waals surface area contributed by atoms with Crippen LogP contribution in [-0.4, -0.2) is 36.2 Å². The minimum Gasteiger partial charge on any atom is -0.459 e. The number of nitrogens with one attached hydrogen (secondary N) is 2. The molecular weight excluding hydrogens is 216 g/mol. The van der Waals surface area contributed by atoms with Gasteiger partial charge in [-0.1, -0.05) is 0 Å². The van der Waals surface area contributed by atoms with E-state index < -0.39 is 5.60 Å². The van der Waals surface area contributed by atoms with Crippen molar-refractivity contribution in [2.24, 2.45) is 0 Å². The Morgan fingerprint density at radius 3 is 2.53 bits per heavy atom. The molecule has 0 bridgehead atoms. The molecule has 1 heterocycles. The summed E-state index contributed by atoms with van der Waals surface area (Å²) in [5.41, 5.74) is -0.404. The lowest BCUT2D eigenvalue weighted by Crippen LogP contribution is -2.52. The molecule has 98 valence electrons. The third kappa shape index (κ3) is 3.96. The number of rotatable bonds is 4. The van der Waals surface area contributed by atoms with Crippen LogP contribution in [0.5, 0.6) is 0 Å². The molecule has 1 saturated carbocycles. The van der Waals surface area contributed by atoms with Crippen LogP contribution >= 0.6 is 0 Å². The van der Waals surface area contributed by atoms with Crippen LogP contribution < -0.4 is 10.6 Å². The Balaban J connectivity index is 1.95. The van der Waals surface area contributed by atoms with E-state index in [0.717, 1.165) is 19.4 Å². The largest absolute Gasteiger partial charge is 0.459 e. The Kier molecular flexibility index (Phi) is 3.73. The van der Waals surface area contributed by atoms with Crippen molar-refractivity contribution in [3.63, 3.8) is 0 Å². The third-order valence-corrected chi connectivity index (χ3v) is 3.15. The summed E-state index contributed by atoms with van der Waals surface area (Å²) in [5, 5.41) is 6.81. The molecule has 0 spiro atoms. The van der Waals surface area contributed by atoms with Gasteiger partial charge in [-0.3, -0.25) is 4.79 Å². The van der Waals surface area contributed by atoms with Crippen LogP contribution in [0.4, 0.5) is 0 Å². The van der Waals surface area contributed by atoms with E-state index in [4.69, 9.17) is 4.74 Å². The molecule has 0 aromatic rings. The topological polar surface area (TPSA) is 50.4 Å². The van der Waals surface area contributed by atoms with Crippen LogP contribution in [0.15, 0.2) is 0 Å². The van der Waals surface area contributed by atoms with Gasteiger partial charge in [-0.2, -0.15) is 0 Å². The first-order chi connectivity index (χ1) is 7.96. The Morgan fingerprint density at radius 2 is 2.06 bits per heavy atom. The van der Waals surface area contributed by atoms with Crippen LogP contribution in [0, 0.1) is 0 Å². The van der Waals surface area contributed by atoms with Gasteiger partial charge in [-0.05, 0) is 53.0 Å². The maximum absolute atomic E-state index is 12.2. The summed E-state index contributed by atoms with van der Waals surface area (Å²) in [5.74, 6) is -0.108. The number of hydrogen-bond donors (Lipinski definition) is 2. The van der Waals surface area contributed by atoms with E-state index in [2.05, 4.69) is 10.6 Å². The van der Waals surface area contributed by atoms with Gasteiger partial charge in [0, 0.05) is 12.1 Å². The van der Waals surface area contributed by atoms with Gasteiger partial charge in [0.1, 0.15) is 11.6 Å².